The van der Waals surface area contributed by atoms with Crippen molar-refractivity contribution in [2.45, 2.75) is 26.2 Å². The van der Waals surface area contributed by atoms with E-state index in [1.807, 2.05) is 0 Å². The van der Waals surface area contributed by atoms with E-state index in [9.17, 15) is 0 Å². The average Bonchev–Trinajstić information content (AvgIpc) is 2.73. The van der Waals surface area contributed by atoms with Crippen LogP contribution in [0.15, 0.2) is 91.0 Å². The van der Waals surface area contributed by atoms with Crippen LogP contribution < -0.4 is 0 Å². The van der Waals surface area contributed by atoms with Gasteiger partial charge in [0.05, 0.1) is 0 Å². The van der Waals surface area contributed by atoms with Gasteiger partial charge in [-0.15, -0.1) is 0 Å². The van der Waals surface area contributed by atoms with Crippen LogP contribution in [0.25, 0.3) is 33.0 Å². The van der Waals surface area contributed by atoms with Gasteiger partial charge in [0.25, 0.3) is 0 Å². The van der Waals surface area contributed by atoms with Crippen LogP contribution in [-0.4, -0.2) is 0 Å². The second-order valence-corrected chi connectivity index (χ2v) is 6.84. The first-order chi connectivity index (χ1) is 12.9. The Kier molecular flexibility index (Phi) is 4.84. The number of hydrogen-bond donors (Lipinski definition) is 0. The Morgan fingerprint density at radius 3 is 1.85 bits per heavy atom. The average molecular weight is 336 g/mol. The van der Waals surface area contributed by atoms with Crippen LogP contribution in [0.5, 0.6) is 0 Å². The van der Waals surface area contributed by atoms with Crippen molar-refractivity contribution in [1.29, 1.82) is 0 Å². The number of benzene rings is 4. The van der Waals surface area contributed by atoms with E-state index in [1.165, 1.54) is 51.4 Å². The largest absolute Gasteiger partial charge is 0.0654 e. The Balaban J connectivity index is 2.06. The van der Waals surface area contributed by atoms with E-state index < -0.39 is 0 Å². The molecule has 4 rings (SSSR count). The first-order valence-electron chi connectivity index (χ1n) is 9.54. The second-order valence-electron chi connectivity index (χ2n) is 6.84. The van der Waals surface area contributed by atoms with Crippen LogP contribution in [-0.2, 0) is 6.42 Å². The topological polar surface area (TPSA) is 0 Å². The Hall–Kier alpha value is -2.86. The fraction of sp³-hybridized carbons (Fsp3) is 0.154. The maximum atomic E-state index is 2.43. The van der Waals surface area contributed by atoms with Crippen molar-refractivity contribution in [1.82, 2.24) is 0 Å². The van der Waals surface area contributed by atoms with Crippen molar-refractivity contribution in [3.63, 3.8) is 0 Å². The molecule has 0 bridgehead atoms. The van der Waals surface area contributed by atoms with Gasteiger partial charge in [-0.25, -0.2) is 0 Å². The SMILES string of the molecule is CCCCc1cc(-c2ccccc2)c(-c2ccccc2)c2ccccc12. The third kappa shape index (κ3) is 3.15. The summed E-state index contributed by atoms with van der Waals surface area (Å²) in [5, 5.41) is 2.74. The first kappa shape index (κ1) is 16.6. The number of hydrogen-bond acceptors (Lipinski definition) is 0. The summed E-state index contributed by atoms with van der Waals surface area (Å²) in [7, 11) is 0. The van der Waals surface area contributed by atoms with E-state index in [2.05, 4.69) is 97.9 Å². The van der Waals surface area contributed by atoms with E-state index in [1.54, 1.807) is 0 Å². The van der Waals surface area contributed by atoms with Crippen LogP contribution in [0.1, 0.15) is 25.3 Å². The van der Waals surface area contributed by atoms with Crippen LogP contribution in [0, 0.1) is 0 Å². The van der Waals surface area contributed by atoms with Gasteiger partial charge < -0.3 is 0 Å². The van der Waals surface area contributed by atoms with E-state index in [4.69, 9.17) is 0 Å². The maximum absolute atomic E-state index is 2.43. The van der Waals surface area contributed by atoms with Crippen LogP contribution in [0.3, 0.4) is 0 Å². The van der Waals surface area contributed by atoms with Gasteiger partial charge >= 0.3 is 0 Å². The predicted octanol–water partition coefficient (Wildman–Crippen LogP) is 7.52. The number of fused-ring (bicyclic) bond motifs is 1. The van der Waals surface area contributed by atoms with Crippen molar-refractivity contribution in [3.05, 3.63) is 96.6 Å². The quantitative estimate of drug-likeness (QED) is 0.353. The van der Waals surface area contributed by atoms with Crippen molar-refractivity contribution in [2.24, 2.45) is 0 Å². The van der Waals surface area contributed by atoms with Gasteiger partial charge in [0, 0.05) is 0 Å². The summed E-state index contributed by atoms with van der Waals surface area (Å²) in [4.78, 5) is 0. The molecular weight excluding hydrogens is 312 g/mol. The Morgan fingerprint density at radius 2 is 1.19 bits per heavy atom. The summed E-state index contributed by atoms with van der Waals surface area (Å²) in [5.41, 5.74) is 6.70. The zero-order valence-electron chi connectivity index (χ0n) is 15.3. The van der Waals surface area contributed by atoms with E-state index >= 15 is 0 Å². The Bertz CT molecular complexity index is 998. The first-order valence-corrected chi connectivity index (χ1v) is 9.54. The Morgan fingerprint density at radius 1 is 0.615 bits per heavy atom. The molecule has 26 heavy (non-hydrogen) atoms. The fourth-order valence-electron chi connectivity index (χ4n) is 3.79. The number of aryl methyl sites for hydroxylation is 1. The molecule has 0 unspecified atom stereocenters. The molecule has 0 heterocycles. The molecule has 0 saturated heterocycles. The van der Waals surface area contributed by atoms with Gasteiger partial charge in [-0.05, 0) is 57.5 Å². The summed E-state index contributed by atoms with van der Waals surface area (Å²) in [6.45, 7) is 2.26. The molecule has 0 atom stereocenters. The van der Waals surface area contributed by atoms with Gasteiger partial charge in [-0.3, -0.25) is 0 Å². The molecule has 0 fully saturated rings. The maximum Gasteiger partial charge on any atom is -0.00266 e. The molecule has 0 aliphatic rings. The fourth-order valence-corrected chi connectivity index (χ4v) is 3.79. The summed E-state index contributed by atoms with van der Waals surface area (Å²) in [5.74, 6) is 0. The minimum Gasteiger partial charge on any atom is -0.0654 e. The highest BCUT2D eigenvalue weighted by Gasteiger charge is 2.14. The molecule has 0 amide bonds. The molecular formula is C26H24. The highest BCUT2D eigenvalue weighted by Crippen LogP contribution is 2.40. The summed E-state index contributed by atoms with van der Waals surface area (Å²) >= 11 is 0. The summed E-state index contributed by atoms with van der Waals surface area (Å²) in [6.07, 6.45) is 3.57. The van der Waals surface area contributed by atoms with Gasteiger partial charge in [0.1, 0.15) is 0 Å². The lowest BCUT2D eigenvalue weighted by Crippen LogP contribution is -1.94. The zero-order chi connectivity index (χ0) is 17.8. The lowest BCUT2D eigenvalue weighted by molar-refractivity contribution is 0.799. The highest BCUT2D eigenvalue weighted by molar-refractivity contribution is 6.05. The molecule has 4 aromatic rings. The van der Waals surface area contributed by atoms with Gasteiger partial charge in [-0.2, -0.15) is 0 Å². The molecule has 0 saturated carbocycles. The van der Waals surface area contributed by atoms with Crippen LogP contribution in [0.4, 0.5) is 0 Å². The molecule has 0 aromatic heterocycles. The number of rotatable bonds is 5. The molecule has 4 aromatic carbocycles. The smallest absolute Gasteiger partial charge is 0.00266 e. The predicted molar refractivity (Wildman–Crippen MR) is 113 cm³/mol. The third-order valence-electron chi connectivity index (χ3n) is 5.08. The molecule has 0 radical (unpaired) electrons. The van der Waals surface area contributed by atoms with Crippen LogP contribution in [0.2, 0.25) is 0 Å². The standard InChI is InChI=1S/C26H24/c1-2-3-12-22-19-25(20-13-6-4-7-14-20)26(21-15-8-5-9-16-21)24-18-11-10-17-23(22)24/h4-11,13-19H,2-3,12H2,1H3. The molecule has 0 spiro atoms. The Labute approximate surface area is 156 Å². The van der Waals surface area contributed by atoms with Crippen molar-refractivity contribution < 1.29 is 0 Å². The molecule has 0 heteroatoms. The molecule has 0 aliphatic heterocycles. The van der Waals surface area contributed by atoms with Gasteiger partial charge in [0.2, 0.25) is 0 Å². The molecule has 0 N–H and O–H groups in total. The van der Waals surface area contributed by atoms with Crippen LogP contribution >= 0.6 is 0 Å². The van der Waals surface area contributed by atoms with E-state index in [-0.39, 0.29) is 0 Å². The molecule has 128 valence electrons. The third-order valence-corrected chi connectivity index (χ3v) is 5.08. The second kappa shape index (κ2) is 7.58. The van der Waals surface area contributed by atoms with Crippen molar-refractivity contribution in [2.75, 3.05) is 0 Å². The summed E-state index contributed by atoms with van der Waals surface area (Å²) < 4.78 is 0. The monoisotopic (exact) mass is 336 g/mol. The van der Waals surface area contributed by atoms with Crippen molar-refractivity contribution in [3.8, 4) is 22.3 Å². The minimum atomic E-state index is 1.13. The lowest BCUT2D eigenvalue weighted by atomic mass is 9.86. The van der Waals surface area contributed by atoms with Crippen molar-refractivity contribution >= 4 is 10.8 Å². The highest BCUT2D eigenvalue weighted by atomic mass is 14.2. The minimum absolute atomic E-state index is 1.13. The van der Waals surface area contributed by atoms with E-state index in [0.29, 0.717) is 0 Å². The lowest BCUT2D eigenvalue weighted by Gasteiger charge is -2.18. The zero-order valence-corrected chi connectivity index (χ0v) is 15.3. The molecule has 0 aliphatic carbocycles. The number of unbranched alkanes of at least 4 members (excludes halogenated alkanes) is 1. The normalized spacial score (nSPS) is 11.0. The van der Waals surface area contributed by atoms with Gasteiger partial charge in [-0.1, -0.05) is 98.3 Å². The summed E-state index contributed by atoms with van der Waals surface area (Å²) in [6, 6.07) is 32.9. The van der Waals surface area contributed by atoms with E-state index in [0.717, 1.165) is 6.42 Å². The van der Waals surface area contributed by atoms with Gasteiger partial charge in [0.15, 0.2) is 0 Å². The molecule has 0 nitrogen and oxygen atoms in total.